The second-order valence-electron chi connectivity index (χ2n) is 6.08. The van der Waals surface area contributed by atoms with Crippen LogP contribution in [0.25, 0.3) is 21.8 Å². The summed E-state index contributed by atoms with van der Waals surface area (Å²) in [5.41, 5.74) is 11.5. The van der Waals surface area contributed by atoms with Crippen LogP contribution in [0.3, 0.4) is 0 Å². The van der Waals surface area contributed by atoms with Gasteiger partial charge >= 0.3 is 0 Å². The number of para-hydroxylation sites is 2. The first-order chi connectivity index (χ1) is 12.2. The summed E-state index contributed by atoms with van der Waals surface area (Å²) in [7, 11) is 0. The van der Waals surface area contributed by atoms with Crippen LogP contribution in [0.1, 0.15) is 5.56 Å². The van der Waals surface area contributed by atoms with Gasteiger partial charge in [0.05, 0.1) is 16.7 Å². The van der Waals surface area contributed by atoms with Crippen molar-refractivity contribution in [3.8, 4) is 0 Å². The van der Waals surface area contributed by atoms with Crippen molar-refractivity contribution >= 4 is 38.9 Å². The first-order valence-electron chi connectivity index (χ1n) is 8.29. The molecule has 0 atom stereocenters. The minimum atomic E-state index is 0.101. The van der Waals surface area contributed by atoms with Crippen molar-refractivity contribution in [2.75, 3.05) is 17.7 Å². The van der Waals surface area contributed by atoms with Crippen LogP contribution in [0.4, 0.5) is 17.1 Å². The normalized spacial score (nSPS) is 11.1. The fraction of sp³-hybridized carbons (Fsp3) is 0.0952. The number of fused-ring (bicyclic) bond motifs is 2. The lowest BCUT2D eigenvalue weighted by atomic mass is 10.1. The lowest BCUT2D eigenvalue weighted by Gasteiger charge is -2.14. The van der Waals surface area contributed by atoms with Crippen molar-refractivity contribution in [3.63, 3.8) is 0 Å². The van der Waals surface area contributed by atoms with E-state index < -0.39 is 0 Å². The van der Waals surface area contributed by atoms with Crippen molar-refractivity contribution in [1.29, 1.82) is 0 Å². The van der Waals surface area contributed by atoms with Gasteiger partial charge in [-0.15, -0.1) is 0 Å². The molecular formula is C21H19N3O. The van der Waals surface area contributed by atoms with Crippen LogP contribution in [0.5, 0.6) is 0 Å². The van der Waals surface area contributed by atoms with Crippen LogP contribution in [0, 0.1) is 0 Å². The van der Waals surface area contributed by atoms with Gasteiger partial charge in [-0.25, -0.2) is 4.98 Å². The Morgan fingerprint density at radius 1 is 0.880 bits per heavy atom. The smallest absolute Gasteiger partial charge is 0.0730 e. The Morgan fingerprint density at radius 3 is 2.16 bits per heavy atom. The Hall–Kier alpha value is -3.11. The minimum Gasteiger partial charge on any atom is -0.399 e. The van der Waals surface area contributed by atoms with E-state index in [2.05, 4.69) is 17.4 Å². The maximum absolute atomic E-state index is 9.20. The third-order valence-electron chi connectivity index (χ3n) is 4.27. The molecule has 124 valence electrons. The fourth-order valence-corrected chi connectivity index (χ4v) is 3.18. The number of nitrogen functional groups attached to an aromatic ring is 1. The second kappa shape index (κ2) is 6.42. The van der Waals surface area contributed by atoms with Gasteiger partial charge in [0.25, 0.3) is 0 Å². The summed E-state index contributed by atoms with van der Waals surface area (Å²) in [4.78, 5) is 4.75. The highest BCUT2D eigenvalue weighted by Gasteiger charge is 2.09. The Balaban J connectivity index is 1.90. The Morgan fingerprint density at radius 2 is 1.52 bits per heavy atom. The van der Waals surface area contributed by atoms with Gasteiger partial charge in [0.1, 0.15) is 0 Å². The van der Waals surface area contributed by atoms with Crippen LogP contribution >= 0.6 is 0 Å². The summed E-state index contributed by atoms with van der Waals surface area (Å²) < 4.78 is 0. The van der Waals surface area contributed by atoms with Crippen molar-refractivity contribution in [2.24, 2.45) is 0 Å². The second-order valence-corrected chi connectivity index (χ2v) is 6.08. The summed E-state index contributed by atoms with van der Waals surface area (Å²) in [6.07, 6.45) is 0.581. The third-order valence-corrected chi connectivity index (χ3v) is 4.27. The molecule has 0 radical (unpaired) electrons. The van der Waals surface area contributed by atoms with E-state index >= 15 is 0 Å². The molecule has 0 bridgehead atoms. The lowest BCUT2D eigenvalue weighted by Crippen LogP contribution is -1.99. The number of aliphatic hydroxyl groups is 1. The van der Waals surface area contributed by atoms with E-state index in [-0.39, 0.29) is 6.61 Å². The molecule has 4 nitrogen and oxygen atoms in total. The van der Waals surface area contributed by atoms with Gasteiger partial charge in [0, 0.05) is 28.8 Å². The Bertz CT molecular complexity index is 1010. The van der Waals surface area contributed by atoms with Crippen molar-refractivity contribution in [2.45, 2.75) is 6.42 Å². The molecule has 4 heteroatoms. The van der Waals surface area contributed by atoms with Gasteiger partial charge < -0.3 is 16.2 Å². The Labute approximate surface area is 145 Å². The molecule has 0 fully saturated rings. The zero-order valence-corrected chi connectivity index (χ0v) is 13.7. The zero-order chi connectivity index (χ0) is 17.2. The SMILES string of the molecule is Nc1cc(CCO)cc(Nc2c3ccccc3nc3ccccc23)c1. The van der Waals surface area contributed by atoms with Gasteiger partial charge in [0.2, 0.25) is 0 Å². The van der Waals surface area contributed by atoms with E-state index in [0.717, 1.165) is 38.7 Å². The number of aromatic nitrogens is 1. The average molecular weight is 329 g/mol. The maximum atomic E-state index is 9.20. The van der Waals surface area contributed by atoms with Crippen molar-refractivity contribution in [1.82, 2.24) is 4.98 Å². The van der Waals surface area contributed by atoms with Crippen LogP contribution in [0.2, 0.25) is 0 Å². The Kier molecular flexibility index (Phi) is 3.96. The summed E-state index contributed by atoms with van der Waals surface area (Å²) in [5, 5.41) is 14.9. The molecule has 25 heavy (non-hydrogen) atoms. The van der Waals surface area contributed by atoms with Crippen LogP contribution in [-0.2, 0) is 6.42 Å². The minimum absolute atomic E-state index is 0.101. The van der Waals surface area contributed by atoms with Gasteiger partial charge in [-0.2, -0.15) is 0 Å². The zero-order valence-electron chi connectivity index (χ0n) is 13.7. The van der Waals surface area contributed by atoms with Crippen LogP contribution in [-0.4, -0.2) is 16.7 Å². The van der Waals surface area contributed by atoms with Crippen LogP contribution < -0.4 is 11.1 Å². The van der Waals surface area contributed by atoms with Crippen molar-refractivity contribution < 1.29 is 5.11 Å². The topological polar surface area (TPSA) is 71.2 Å². The molecule has 4 rings (SSSR count). The molecule has 0 spiro atoms. The summed E-state index contributed by atoms with van der Waals surface area (Å²) in [6, 6.07) is 22.0. The first kappa shape index (κ1) is 15.4. The third kappa shape index (κ3) is 2.99. The number of hydrogen-bond donors (Lipinski definition) is 3. The number of aliphatic hydroxyl groups excluding tert-OH is 1. The number of pyridine rings is 1. The number of rotatable bonds is 4. The first-order valence-corrected chi connectivity index (χ1v) is 8.29. The number of benzene rings is 3. The van der Waals surface area contributed by atoms with Crippen LogP contribution in [0.15, 0.2) is 66.7 Å². The van der Waals surface area contributed by atoms with Gasteiger partial charge in [-0.1, -0.05) is 36.4 Å². The average Bonchev–Trinajstić information content (AvgIpc) is 2.61. The molecule has 0 saturated carbocycles. The monoisotopic (exact) mass is 329 g/mol. The van der Waals surface area contributed by atoms with Gasteiger partial charge in [0.15, 0.2) is 0 Å². The number of nitrogens with two attached hydrogens (primary N) is 1. The predicted molar refractivity (Wildman–Crippen MR) is 104 cm³/mol. The highest BCUT2D eigenvalue weighted by Crippen LogP contribution is 2.33. The number of nitrogens with zero attached hydrogens (tertiary/aromatic N) is 1. The fourth-order valence-electron chi connectivity index (χ4n) is 3.18. The lowest BCUT2D eigenvalue weighted by molar-refractivity contribution is 0.299. The van der Waals surface area contributed by atoms with Crippen molar-refractivity contribution in [3.05, 3.63) is 72.3 Å². The molecule has 0 aliphatic carbocycles. The van der Waals surface area contributed by atoms with Gasteiger partial charge in [-0.05, 0) is 42.3 Å². The van der Waals surface area contributed by atoms with E-state index in [9.17, 15) is 5.11 Å². The number of anilines is 3. The largest absolute Gasteiger partial charge is 0.399 e. The van der Waals surface area contributed by atoms with E-state index in [1.54, 1.807) is 0 Å². The molecule has 0 saturated heterocycles. The molecule has 1 aromatic heterocycles. The summed E-state index contributed by atoms with van der Waals surface area (Å²) in [6.45, 7) is 0.101. The predicted octanol–water partition coefficient (Wildman–Crippen LogP) is 4.25. The summed E-state index contributed by atoms with van der Waals surface area (Å²) >= 11 is 0. The van der Waals surface area contributed by atoms with Gasteiger partial charge in [-0.3, -0.25) is 0 Å². The van der Waals surface area contributed by atoms with E-state index in [4.69, 9.17) is 10.7 Å². The summed E-state index contributed by atoms with van der Waals surface area (Å²) in [5.74, 6) is 0. The van der Waals surface area contributed by atoms with E-state index in [1.165, 1.54) is 0 Å². The molecule has 4 aromatic rings. The molecule has 3 aromatic carbocycles. The molecular weight excluding hydrogens is 310 g/mol. The highest BCUT2D eigenvalue weighted by molar-refractivity contribution is 6.08. The molecule has 4 N–H and O–H groups in total. The van der Waals surface area contributed by atoms with E-state index in [1.807, 2.05) is 54.6 Å². The molecule has 0 aliphatic heterocycles. The molecule has 1 heterocycles. The number of nitrogens with one attached hydrogen (secondary N) is 1. The highest BCUT2D eigenvalue weighted by atomic mass is 16.2. The molecule has 0 unspecified atom stereocenters. The molecule has 0 aliphatic rings. The standard InChI is InChI=1S/C21H19N3O/c22-15-11-14(9-10-25)12-16(13-15)23-21-17-5-1-3-7-19(17)24-20-8-4-2-6-18(20)21/h1-8,11-13,25H,9-10,22H2,(H,23,24). The maximum Gasteiger partial charge on any atom is 0.0730 e. The molecule has 0 amide bonds. The van der Waals surface area contributed by atoms with E-state index in [0.29, 0.717) is 12.1 Å². The number of hydrogen-bond acceptors (Lipinski definition) is 4. The quantitative estimate of drug-likeness (QED) is 0.387.